The molecule has 1 saturated carbocycles. The van der Waals surface area contributed by atoms with Gasteiger partial charge in [0, 0.05) is 37.3 Å². The number of hydrogen-bond acceptors (Lipinski definition) is 8. The van der Waals surface area contributed by atoms with Crippen molar-refractivity contribution in [3.05, 3.63) is 35.6 Å². The molecule has 1 aliphatic carbocycles. The second kappa shape index (κ2) is 10.1. The minimum atomic E-state index is -0.794. The van der Waals surface area contributed by atoms with Gasteiger partial charge in [-0.2, -0.15) is 0 Å². The summed E-state index contributed by atoms with van der Waals surface area (Å²) in [6.07, 6.45) is 5.35. The van der Waals surface area contributed by atoms with E-state index < -0.39 is 30.3 Å². The molecule has 8 heteroatoms. The van der Waals surface area contributed by atoms with Crippen molar-refractivity contribution >= 4 is 17.9 Å². The van der Waals surface area contributed by atoms with Crippen LogP contribution in [0.2, 0.25) is 0 Å². The molecule has 0 unspecified atom stereocenters. The van der Waals surface area contributed by atoms with Crippen molar-refractivity contribution < 1.29 is 38.1 Å². The number of methoxy groups -OCH3 is 1. The van der Waals surface area contributed by atoms with E-state index in [1.54, 1.807) is 19.3 Å². The van der Waals surface area contributed by atoms with E-state index in [0.717, 1.165) is 36.8 Å². The summed E-state index contributed by atoms with van der Waals surface area (Å²) in [6.45, 7) is 10.8. The van der Waals surface area contributed by atoms with Gasteiger partial charge in [-0.3, -0.25) is 9.59 Å². The van der Waals surface area contributed by atoms with Crippen LogP contribution in [0, 0.1) is 11.8 Å². The highest BCUT2D eigenvalue weighted by molar-refractivity contribution is 5.87. The predicted molar refractivity (Wildman–Crippen MR) is 119 cm³/mol. The number of epoxide rings is 1. The summed E-state index contributed by atoms with van der Waals surface area (Å²) >= 11 is 0. The SMILES string of the molecule is C=C1CC[C@@H]2O[C@@]2(C)CC[C@@H]2C([C@H](C/C=C(\C)C(=O)OC)OC(C)=O)=CO[C@H](OC(C)=O)[C@@H]12. The van der Waals surface area contributed by atoms with Crippen LogP contribution in [0.25, 0.3) is 0 Å². The van der Waals surface area contributed by atoms with Crippen molar-refractivity contribution in [1.29, 1.82) is 0 Å². The second-order valence-corrected chi connectivity index (χ2v) is 9.23. The molecule has 2 heterocycles. The highest BCUT2D eigenvalue weighted by Gasteiger charge is 2.54. The Kier molecular flexibility index (Phi) is 7.67. The van der Waals surface area contributed by atoms with Gasteiger partial charge in [-0.25, -0.2) is 4.79 Å². The molecule has 0 amide bonds. The lowest BCUT2D eigenvalue weighted by Crippen LogP contribution is -2.41. The first-order chi connectivity index (χ1) is 15.6. The van der Waals surface area contributed by atoms with Crippen LogP contribution in [0.1, 0.15) is 59.8 Å². The lowest BCUT2D eigenvalue weighted by atomic mass is 9.74. The fourth-order valence-corrected chi connectivity index (χ4v) is 4.90. The van der Waals surface area contributed by atoms with Gasteiger partial charge in [0.15, 0.2) is 0 Å². The molecule has 1 saturated heterocycles. The molecule has 8 nitrogen and oxygen atoms in total. The maximum atomic E-state index is 11.9. The van der Waals surface area contributed by atoms with E-state index in [1.165, 1.54) is 21.0 Å². The Hall–Kier alpha value is -2.61. The van der Waals surface area contributed by atoms with Gasteiger partial charge in [-0.1, -0.05) is 18.2 Å². The first-order valence-electron chi connectivity index (χ1n) is 11.4. The molecule has 0 aromatic rings. The molecule has 2 aliphatic heterocycles. The summed E-state index contributed by atoms with van der Waals surface area (Å²) in [5, 5.41) is 0. The Bertz CT molecular complexity index is 872. The molecule has 0 radical (unpaired) electrons. The topological polar surface area (TPSA) is 101 Å². The number of rotatable bonds is 6. The van der Waals surface area contributed by atoms with Crippen molar-refractivity contribution in [2.24, 2.45) is 11.8 Å². The van der Waals surface area contributed by atoms with Gasteiger partial charge in [0.25, 0.3) is 0 Å². The third kappa shape index (κ3) is 5.85. The van der Waals surface area contributed by atoms with Crippen molar-refractivity contribution in [2.45, 2.75) is 83.9 Å². The number of hydrogen-bond donors (Lipinski definition) is 0. The van der Waals surface area contributed by atoms with Crippen molar-refractivity contribution in [1.82, 2.24) is 0 Å². The largest absolute Gasteiger partial charge is 0.466 e. The van der Waals surface area contributed by atoms with E-state index in [0.29, 0.717) is 5.57 Å². The van der Waals surface area contributed by atoms with Crippen LogP contribution in [-0.2, 0) is 38.1 Å². The van der Waals surface area contributed by atoms with E-state index in [-0.39, 0.29) is 30.0 Å². The van der Waals surface area contributed by atoms with Crippen LogP contribution >= 0.6 is 0 Å². The van der Waals surface area contributed by atoms with Crippen molar-refractivity contribution in [3.63, 3.8) is 0 Å². The molecule has 6 atom stereocenters. The van der Waals surface area contributed by atoms with Gasteiger partial charge >= 0.3 is 17.9 Å². The normalized spacial score (nSPS) is 32.3. The molecule has 0 N–H and O–H groups in total. The average Bonchev–Trinajstić information content (AvgIpc) is 3.40. The van der Waals surface area contributed by atoms with Crippen LogP contribution in [0.4, 0.5) is 0 Å². The molecular weight excluding hydrogens is 428 g/mol. The monoisotopic (exact) mass is 462 g/mol. The van der Waals surface area contributed by atoms with Gasteiger partial charge in [-0.05, 0) is 39.5 Å². The lowest BCUT2D eigenvalue weighted by molar-refractivity contribution is -0.181. The summed E-state index contributed by atoms with van der Waals surface area (Å²) < 4.78 is 27.8. The fraction of sp³-hybridized carbons (Fsp3) is 0.640. The van der Waals surface area contributed by atoms with Crippen LogP contribution in [-0.4, -0.2) is 49.1 Å². The Morgan fingerprint density at radius 2 is 1.97 bits per heavy atom. The van der Waals surface area contributed by atoms with Crippen LogP contribution in [0.5, 0.6) is 0 Å². The Balaban J connectivity index is 1.96. The summed E-state index contributed by atoms with van der Waals surface area (Å²) in [5.41, 5.74) is 1.92. The molecule has 182 valence electrons. The Morgan fingerprint density at radius 1 is 1.24 bits per heavy atom. The summed E-state index contributed by atoms with van der Waals surface area (Å²) in [5.74, 6) is -1.73. The standard InChI is InChI=1S/C25H34O8/c1-14-8-10-21-25(5,33-21)12-11-18-19(13-30-24(22(14)18)32-17(4)27)20(31-16(3)26)9-7-15(2)23(28)29-6/h7,13,18,20-22,24H,1,8-12H2,2-6H3/b15-7+/t18-,20+,21+,22+,24-,25+/m1/s1. The minimum absolute atomic E-state index is 0.133. The first kappa shape index (κ1) is 25.0. The second-order valence-electron chi connectivity index (χ2n) is 9.23. The number of fused-ring (bicyclic) bond motifs is 2. The van der Waals surface area contributed by atoms with E-state index in [2.05, 4.69) is 13.5 Å². The number of esters is 3. The molecule has 0 bridgehead atoms. The quantitative estimate of drug-likeness (QED) is 0.193. The summed E-state index contributed by atoms with van der Waals surface area (Å²) in [4.78, 5) is 35.5. The molecule has 33 heavy (non-hydrogen) atoms. The molecular formula is C25H34O8. The van der Waals surface area contributed by atoms with Crippen molar-refractivity contribution in [3.8, 4) is 0 Å². The van der Waals surface area contributed by atoms with Gasteiger partial charge < -0.3 is 23.7 Å². The maximum absolute atomic E-state index is 11.9. The predicted octanol–water partition coefficient (Wildman–Crippen LogP) is 3.75. The average molecular weight is 463 g/mol. The van der Waals surface area contributed by atoms with Gasteiger partial charge in [0.2, 0.25) is 6.29 Å². The lowest BCUT2D eigenvalue weighted by Gasteiger charge is -2.40. The van der Waals surface area contributed by atoms with Crippen molar-refractivity contribution in [2.75, 3.05) is 7.11 Å². The molecule has 3 aliphatic rings. The number of carbonyl (C=O) groups excluding carboxylic acids is 3. The highest BCUT2D eigenvalue weighted by Crippen LogP contribution is 2.50. The van der Waals surface area contributed by atoms with Gasteiger partial charge in [0.05, 0.1) is 31.0 Å². The zero-order chi connectivity index (χ0) is 24.3. The summed E-state index contributed by atoms with van der Waals surface area (Å²) in [7, 11) is 1.32. The zero-order valence-corrected chi connectivity index (χ0v) is 20.1. The smallest absolute Gasteiger partial charge is 0.333 e. The number of carbonyl (C=O) groups is 3. The van der Waals surface area contributed by atoms with Crippen LogP contribution in [0.15, 0.2) is 35.6 Å². The maximum Gasteiger partial charge on any atom is 0.333 e. The minimum Gasteiger partial charge on any atom is -0.466 e. The molecule has 2 fully saturated rings. The number of ether oxygens (including phenoxy) is 5. The Labute approximate surface area is 194 Å². The molecule has 3 rings (SSSR count). The van der Waals surface area contributed by atoms with E-state index in [1.807, 2.05) is 0 Å². The first-order valence-corrected chi connectivity index (χ1v) is 11.4. The van der Waals surface area contributed by atoms with Gasteiger partial charge in [0.1, 0.15) is 6.10 Å². The molecule has 0 aromatic carbocycles. The van der Waals surface area contributed by atoms with E-state index >= 15 is 0 Å². The van der Waals surface area contributed by atoms with Crippen LogP contribution in [0.3, 0.4) is 0 Å². The molecule has 0 aromatic heterocycles. The van der Waals surface area contributed by atoms with E-state index in [9.17, 15) is 14.4 Å². The van der Waals surface area contributed by atoms with E-state index in [4.69, 9.17) is 23.7 Å². The Morgan fingerprint density at radius 3 is 2.61 bits per heavy atom. The third-order valence-electron chi connectivity index (χ3n) is 6.79. The fourth-order valence-electron chi connectivity index (χ4n) is 4.90. The third-order valence-corrected chi connectivity index (χ3v) is 6.79. The summed E-state index contributed by atoms with van der Waals surface area (Å²) in [6, 6.07) is 0. The zero-order valence-electron chi connectivity index (χ0n) is 20.1. The highest BCUT2D eigenvalue weighted by atomic mass is 16.7. The molecule has 0 spiro atoms. The van der Waals surface area contributed by atoms with Crippen LogP contribution < -0.4 is 0 Å². The van der Waals surface area contributed by atoms with Gasteiger partial charge in [-0.15, -0.1) is 0 Å².